The summed E-state index contributed by atoms with van der Waals surface area (Å²) in [5.41, 5.74) is -0.836. The predicted octanol–water partition coefficient (Wildman–Crippen LogP) is 2.17. The van der Waals surface area contributed by atoms with Crippen molar-refractivity contribution in [3.8, 4) is 0 Å². The Morgan fingerprint density at radius 2 is 1.96 bits per heavy atom. The van der Waals surface area contributed by atoms with Crippen molar-refractivity contribution in [3.63, 3.8) is 0 Å². The van der Waals surface area contributed by atoms with E-state index in [2.05, 4.69) is 15.3 Å². The van der Waals surface area contributed by atoms with Gasteiger partial charge in [-0.25, -0.2) is 9.97 Å². The lowest BCUT2D eigenvalue weighted by molar-refractivity contribution is -0.140. The quantitative estimate of drug-likeness (QED) is 0.560. The van der Waals surface area contributed by atoms with Crippen LogP contribution in [0.25, 0.3) is 0 Å². The second kappa shape index (κ2) is 4.83. The van der Waals surface area contributed by atoms with Crippen LogP contribution in [0.3, 0.4) is 0 Å². The molecule has 3 aliphatic rings. The monoisotopic (exact) mass is 335 g/mol. The molecule has 7 heteroatoms. The minimum absolute atomic E-state index is 0.151. The number of fused-ring (bicyclic) bond motifs is 2. The van der Waals surface area contributed by atoms with Crippen LogP contribution in [0, 0.1) is 0 Å². The Bertz CT molecular complexity index is 667. The largest absolute Gasteiger partial charge is 0.481 e. The Morgan fingerprint density at radius 3 is 2.43 bits per heavy atom. The molecule has 23 heavy (non-hydrogen) atoms. The van der Waals surface area contributed by atoms with Crippen molar-refractivity contribution in [2.24, 2.45) is 0 Å². The number of nitrogens with one attached hydrogen (secondary N) is 1. The van der Waals surface area contributed by atoms with Crippen LogP contribution in [0.4, 0.5) is 5.82 Å². The molecule has 1 heterocycles. The van der Waals surface area contributed by atoms with Gasteiger partial charge in [-0.2, -0.15) is 0 Å². The third kappa shape index (κ3) is 2.32. The van der Waals surface area contributed by atoms with Gasteiger partial charge in [0.25, 0.3) is 0 Å². The van der Waals surface area contributed by atoms with Gasteiger partial charge in [0.15, 0.2) is 5.16 Å². The van der Waals surface area contributed by atoms with Gasteiger partial charge in [0.1, 0.15) is 5.82 Å². The highest BCUT2D eigenvalue weighted by Crippen LogP contribution is 2.54. The first-order valence-electron chi connectivity index (χ1n) is 8.06. The summed E-state index contributed by atoms with van der Waals surface area (Å²) in [5, 5.41) is 24.2. The fraction of sp³-hybridized carbons (Fsp3) is 0.688. The number of nitrogens with zero attached hydrogens (tertiary/aromatic N) is 2. The fourth-order valence-corrected chi connectivity index (χ4v) is 4.57. The number of hydrogen-bond donors (Lipinski definition) is 3. The van der Waals surface area contributed by atoms with Crippen LogP contribution in [-0.4, -0.2) is 43.5 Å². The van der Waals surface area contributed by atoms with Crippen LogP contribution in [0.1, 0.15) is 50.5 Å². The molecule has 0 unspecified atom stereocenters. The number of anilines is 1. The van der Waals surface area contributed by atoms with Crippen LogP contribution < -0.4 is 5.32 Å². The van der Waals surface area contributed by atoms with E-state index in [9.17, 15) is 15.0 Å². The molecule has 6 nitrogen and oxygen atoms in total. The second-order valence-electron chi connectivity index (χ2n) is 7.31. The van der Waals surface area contributed by atoms with Crippen molar-refractivity contribution in [1.29, 1.82) is 0 Å². The Kier molecular flexibility index (Phi) is 3.19. The van der Waals surface area contributed by atoms with Gasteiger partial charge in [0, 0.05) is 17.3 Å². The molecule has 0 aromatic carbocycles. The standard InChI is InChI=1S/C16H21N3O3S/c1-23-13-17-8-10(16(6-7-16)12(20)21)11(18-13)19-14-2-4-15(22,9-14)5-3-14/h8,22H,2-7,9H2,1H3,(H,20,21)(H,17,18,19). The van der Waals surface area contributed by atoms with E-state index in [0.717, 1.165) is 32.1 Å². The number of carboxylic acids is 1. The first kappa shape index (κ1) is 15.2. The third-order valence-electron chi connectivity index (χ3n) is 5.81. The molecule has 0 atom stereocenters. The fourth-order valence-electron chi connectivity index (χ4n) is 4.23. The van der Waals surface area contributed by atoms with E-state index in [1.165, 1.54) is 11.8 Å². The molecule has 2 bridgehead atoms. The van der Waals surface area contributed by atoms with Crippen LogP contribution in [0.15, 0.2) is 11.4 Å². The molecule has 0 amide bonds. The van der Waals surface area contributed by atoms with Crippen LogP contribution in [-0.2, 0) is 10.2 Å². The van der Waals surface area contributed by atoms with E-state index in [0.29, 0.717) is 29.4 Å². The Balaban J connectivity index is 1.71. The molecule has 0 saturated heterocycles. The van der Waals surface area contributed by atoms with Crippen molar-refractivity contribution in [1.82, 2.24) is 9.97 Å². The van der Waals surface area contributed by atoms with Gasteiger partial charge in [-0.3, -0.25) is 4.79 Å². The summed E-state index contributed by atoms with van der Waals surface area (Å²) in [4.78, 5) is 20.6. The summed E-state index contributed by atoms with van der Waals surface area (Å²) in [6, 6.07) is 0. The zero-order chi connectivity index (χ0) is 16.3. The summed E-state index contributed by atoms with van der Waals surface area (Å²) < 4.78 is 0. The van der Waals surface area contributed by atoms with Gasteiger partial charge < -0.3 is 15.5 Å². The lowest BCUT2D eigenvalue weighted by Gasteiger charge is -2.30. The van der Waals surface area contributed by atoms with Gasteiger partial charge in [-0.05, 0) is 51.2 Å². The molecule has 0 radical (unpaired) electrons. The predicted molar refractivity (Wildman–Crippen MR) is 86.7 cm³/mol. The van der Waals surface area contributed by atoms with Crippen LogP contribution >= 0.6 is 11.8 Å². The molecule has 3 aliphatic carbocycles. The Hall–Kier alpha value is -1.34. The Morgan fingerprint density at radius 1 is 1.26 bits per heavy atom. The average molecular weight is 335 g/mol. The topological polar surface area (TPSA) is 95.3 Å². The van der Waals surface area contributed by atoms with Crippen LogP contribution in [0.2, 0.25) is 0 Å². The number of hydrogen-bond acceptors (Lipinski definition) is 6. The molecule has 0 spiro atoms. The van der Waals surface area contributed by atoms with Gasteiger partial charge in [0.05, 0.1) is 11.0 Å². The minimum atomic E-state index is -0.830. The lowest BCUT2D eigenvalue weighted by atomic mass is 9.91. The maximum atomic E-state index is 11.7. The van der Waals surface area contributed by atoms with E-state index in [-0.39, 0.29) is 5.54 Å². The number of aromatic nitrogens is 2. The first-order chi connectivity index (χ1) is 10.9. The van der Waals surface area contributed by atoms with E-state index in [4.69, 9.17) is 0 Å². The molecular weight excluding hydrogens is 314 g/mol. The van der Waals surface area contributed by atoms with Gasteiger partial charge in [-0.15, -0.1) is 0 Å². The van der Waals surface area contributed by atoms with Crippen molar-refractivity contribution < 1.29 is 15.0 Å². The number of rotatable bonds is 5. The van der Waals surface area contributed by atoms with Crippen molar-refractivity contribution >= 4 is 23.5 Å². The van der Waals surface area contributed by atoms with Gasteiger partial charge in [-0.1, -0.05) is 11.8 Å². The van der Waals surface area contributed by atoms with E-state index >= 15 is 0 Å². The normalized spacial score (nSPS) is 33.7. The molecule has 4 rings (SSSR count). The third-order valence-corrected chi connectivity index (χ3v) is 6.37. The van der Waals surface area contributed by atoms with Crippen molar-refractivity contribution in [3.05, 3.63) is 11.8 Å². The maximum Gasteiger partial charge on any atom is 0.314 e. The number of carboxylic acid groups (broad SMARTS) is 1. The molecule has 3 N–H and O–H groups in total. The average Bonchev–Trinajstić information content (AvgIpc) is 3.19. The number of thioether (sulfide) groups is 1. The second-order valence-corrected chi connectivity index (χ2v) is 8.09. The molecule has 1 aromatic heterocycles. The lowest BCUT2D eigenvalue weighted by Crippen LogP contribution is -2.35. The summed E-state index contributed by atoms with van der Waals surface area (Å²) in [6.45, 7) is 0. The summed E-state index contributed by atoms with van der Waals surface area (Å²) in [5.74, 6) is -0.150. The zero-order valence-corrected chi connectivity index (χ0v) is 13.9. The molecular formula is C16H21N3O3S. The smallest absolute Gasteiger partial charge is 0.314 e. The SMILES string of the molecule is CSc1ncc(C2(C(=O)O)CC2)c(NC23CCC(O)(CC2)C3)n1. The summed E-state index contributed by atoms with van der Waals surface area (Å²) >= 11 is 1.45. The van der Waals surface area contributed by atoms with Gasteiger partial charge in [0.2, 0.25) is 0 Å². The van der Waals surface area contributed by atoms with E-state index in [1.54, 1.807) is 6.20 Å². The summed E-state index contributed by atoms with van der Waals surface area (Å²) in [6.07, 6.45) is 8.99. The minimum Gasteiger partial charge on any atom is -0.481 e. The van der Waals surface area contributed by atoms with Crippen LogP contribution in [0.5, 0.6) is 0 Å². The zero-order valence-electron chi connectivity index (χ0n) is 13.1. The van der Waals surface area contributed by atoms with Crippen molar-refractivity contribution in [2.45, 2.75) is 66.7 Å². The highest BCUT2D eigenvalue weighted by Gasteiger charge is 2.56. The molecule has 3 saturated carbocycles. The number of aliphatic hydroxyl groups is 1. The number of aliphatic carboxylic acids is 1. The van der Waals surface area contributed by atoms with E-state index < -0.39 is 17.0 Å². The summed E-state index contributed by atoms with van der Waals surface area (Å²) in [7, 11) is 0. The van der Waals surface area contributed by atoms with Gasteiger partial charge >= 0.3 is 5.97 Å². The molecule has 0 aliphatic heterocycles. The maximum absolute atomic E-state index is 11.7. The highest BCUT2D eigenvalue weighted by molar-refractivity contribution is 7.98. The molecule has 124 valence electrons. The molecule has 3 fully saturated rings. The number of carbonyl (C=O) groups is 1. The molecule has 1 aromatic rings. The first-order valence-corrected chi connectivity index (χ1v) is 9.28. The highest BCUT2D eigenvalue weighted by atomic mass is 32.2. The van der Waals surface area contributed by atoms with E-state index in [1.807, 2.05) is 6.26 Å². The van der Waals surface area contributed by atoms with Crippen molar-refractivity contribution in [2.75, 3.05) is 11.6 Å². The Labute approximate surface area is 139 Å².